The number of nitrogens with two attached hydrogens (primary N) is 1. The summed E-state index contributed by atoms with van der Waals surface area (Å²) >= 11 is 0. The third-order valence-corrected chi connectivity index (χ3v) is 4.91. The van der Waals surface area contributed by atoms with Gasteiger partial charge in [-0.05, 0) is 31.0 Å². The van der Waals surface area contributed by atoms with E-state index in [0.717, 1.165) is 5.56 Å². The Balaban J connectivity index is 2.23. The average molecular weight is 285 g/mol. The maximum atomic E-state index is 11.5. The van der Waals surface area contributed by atoms with Crippen molar-refractivity contribution in [2.24, 2.45) is 5.73 Å². The minimum absolute atomic E-state index is 0.0765. The molecule has 6 heteroatoms. The average Bonchev–Trinajstić information content (AvgIpc) is 2.71. The van der Waals surface area contributed by atoms with Gasteiger partial charge in [0.2, 0.25) is 0 Å². The fourth-order valence-corrected chi connectivity index (χ4v) is 3.82. The molecule has 0 bridgehead atoms. The molecule has 1 aromatic rings. The summed E-state index contributed by atoms with van der Waals surface area (Å²) in [6, 6.07) is 5.61. The van der Waals surface area contributed by atoms with Gasteiger partial charge in [-0.25, -0.2) is 8.42 Å². The molecule has 1 fully saturated rings. The highest BCUT2D eigenvalue weighted by atomic mass is 32.2. The zero-order chi connectivity index (χ0) is 13.9. The van der Waals surface area contributed by atoms with E-state index < -0.39 is 9.84 Å². The SMILES string of the molecule is COc1cccc(CCN)c1OC1CCS(=O)(=O)C1. The summed E-state index contributed by atoms with van der Waals surface area (Å²) < 4.78 is 34.1. The summed E-state index contributed by atoms with van der Waals surface area (Å²) in [5.74, 6) is 1.51. The maximum Gasteiger partial charge on any atom is 0.164 e. The first kappa shape index (κ1) is 14.1. The minimum Gasteiger partial charge on any atom is -0.493 e. The van der Waals surface area contributed by atoms with E-state index in [2.05, 4.69) is 0 Å². The van der Waals surface area contributed by atoms with Crippen molar-refractivity contribution in [3.63, 3.8) is 0 Å². The molecule has 2 N–H and O–H groups in total. The lowest BCUT2D eigenvalue weighted by Gasteiger charge is -2.18. The monoisotopic (exact) mass is 285 g/mol. The van der Waals surface area contributed by atoms with E-state index in [1.807, 2.05) is 12.1 Å². The smallest absolute Gasteiger partial charge is 0.164 e. The molecular formula is C13H19NO4S. The van der Waals surface area contributed by atoms with Crippen LogP contribution in [0.1, 0.15) is 12.0 Å². The molecule has 1 unspecified atom stereocenters. The van der Waals surface area contributed by atoms with Crippen LogP contribution in [-0.4, -0.2) is 39.7 Å². The first-order valence-electron chi connectivity index (χ1n) is 6.29. The highest BCUT2D eigenvalue weighted by Gasteiger charge is 2.30. The molecule has 1 saturated heterocycles. The normalized spacial score (nSPS) is 21.3. The molecule has 1 atom stereocenters. The van der Waals surface area contributed by atoms with Gasteiger partial charge < -0.3 is 15.2 Å². The van der Waals surface area contributed by atoms with Crippen LogP contribution in [0.2, 0.25) is 0 Å². The lowest BCUT2D eigenvalue weighted by Crippen LogP contribution is -2.19. The summed E-state index contributed by atoms with van der Waals surface area (Å²) in [7, 11) is -1.38. The Hall–Kier alpha value is -1.27. The number of rotatable bonds is 5. The molecule has 19 heavy (non-hydrogen) atoms. The number of sulfone groups is 1. The number of benzene rings is 1. The van der Waals surface area contributed by atoms with Crippen molar-refractivity contribution in [3.05, 3.63) is 23.8 Å². The van der Waals surface area contributed by atoms with Crippen molar-refractivity contribution in [1.29, 1.82) is 0 Å². The Labute approximate surface area is 113 Å². The molecule has 1 aromatic carbocycles. The second-order valence-corrected chi connectivity index (χ2v) is 6.86. The van der Waals surface area contributed by atoms with Crippen LogP contribution in [0.25, 0.3) is 0 Å². The van der Waals surface area contributed by atoms with Gasteiger partial charge in [0.1, 0.15) is 6.10 Å². The van der Waals surface area contributed by atoms with E-state index in [4.69, 9.17) is 15.2 Å². The van der Waals surface area contributed by atoms with Gasteiger partial charge in [-0.15, -0.1) is 0 Å². The molecule has 1 aliphatic rings. The van der Waals surface area contributed by atoms with Gasteiger partial charge in [-0.1, -0.05) is 12.1 Å². The van der Waals surface area contributed by atoms with Crippen LogP contribution in [0.3, 0.4) is 0 Å². The minimum atomic E-state index is -2.95. The Morgan fingerprint density at radius 2 is 2.21 bits per heavy atom. The number of para-hydroxylation sites is 1. The molecule has 1 aliphatic heterocycles. The van der Waals surface area contributed by atoms with E-state index in [0.29, 0.717) is 30.9 Å². The van der Waals surface area contributed by atoms with Crippen molar-refractivity contribution < 1.29 is 17.9 Å². The second-order valence-electron chi connectivity index (χ2n) is 4.63. The maximum absolute atomic E-state index is 11.5. The fourth-order valence-electron chi connectivity index (χ4n) is 2.23. The highest BCUT2D eigenvalue weighted by molar-refractivity contribution is 7.91. The molecule has 2 rings (SSSR count). The molecule has 1 heterocycles. The first-order chi connectivity index (χ1) is 9.05. The quantitative estimate of drug-likeness (QED) is 0.864. The zero-order valence-corrected chi connectivity index (χ0v) is 11.8. The molecule has 0 aromatic heterocycles. The van der Waals surface area contributed by atoms with Crippen LogP contribution in [0.15, 0.2) is 18.2 Å². The van der Waals surface area contributed by atoms with Crippen LogP contribution in [-0.2, 0) is 16.3 Å². The fraction of sp³-hybridized carbons (Fsp3) is 0.538. The van der Waals surface area contributed by atoms with E-state index >= 15 is 0 Å². The number of methoxy groups -OCH3 is 1. The molecule has 0 spiro atoms. The van der Waals surface area contributed by atoms with Gasteiger partial charge >= 0.3 is 0 Å². The Morgan fingerprint density at radius 3 is 2.79 bits per heavy atom. The highest BCUT2D eigenvalue weighted by Crippen LogP contribution is 2.33. The Kier molecular flexibility index (Phi) is 4.31. The van der Waals surface area contributed by atoms with E-state index in [9.17, 15) is 8.42 Å². The number of hydrogen-bond acceptors (Lipinski definition) is 5. The largest absolute Gasteiger partial charge is 0.493 e. The van der Waals surface area contributed by atoms with Gasteiger partial charge in [0.25, 0.3) is 0 Å². The number of hydrogen-bond donors (Lipinski definition) is 1. The van der Waals surface area contributed by atoms with Crippen LogP contribution in [0.4, 0.5) is 0 Å². The number of ether oxygens (including phenoxy) is 2. The Bertz CT molecular complexity index is 542. The van der Waals surface area contributed by atoms with Crippen LogP contribution < -0.4 is 15.2 Å². The van der Waals surface area contributed by atoms with E-state index in [1.54, 1.807) is 13.2 Å². The predicted octanol–water partition coefficient (Wildman–Crippen LogP) is 0.762. The van der Waals surface area contributed by atoms with Crippen LogP contribution >= 0.6 is 0 Å². The first-order valence-corrected chi connectivity index (χ1v) is 8.11. The molecule has 0 aliphatic carbocycles. The third-order valence-electron chi connectivity index (χ3n) is 3.17. The summed E-state index contributed by atoms with van der Waals surface area (Å²) in [6.45, 7) is 0.506. The van der Waals surface area contributed by atoms with Gasteiger partial charge in [0.15, 0.2) is 21.3 Å². The topological polar surface area (TPSA) is 78.6 Å². The summed E-state index contributed by atoms with van der Waals surface area (Å²) in [5, 5.41) is 0. The standard InChI is InChI=1S/C13H19NO4S/c1-17-12-4-2-3-10(5-7-14)13(12)18-11-6-8-19(15,16)9-11/h2-4,11H,5-9,14H2,1H3. The van der Waals surface area contributed by atoms with Crippen molar-refractivity contribution in [2.45, 2.75) is 18.9 Å². The van der Waals surface area contributed by atoms with Crippen LogP contribution in [0.5, 0.6) is 11.5 Å². The summed E-state index contributed by atoms with van der Waals surface area (Å²) in [4.78, 5) is 0. The molecule has 0 amide bonds. The lowest BCUT2D eigenvalue weighted by molar-refractivity contribution is 0.216. The van der Waals surface area contributed by atoms with Gasteiger partial charge in [-0.2, -0.15) is 0 Å². The van der Waals surface area contributed by atoms with Crippen molar-refractivity contribution >= 4 is 9.84 Å². The van der Waals surface area contributed by atoms with Crippen molar-refractivity contribution in [3.8, 4) is 11.5 Å². The lowest BCUT2D eigenvalue weighted by atomic mass is 10.1. The van der Waals surface area contributed by atoms with E-state index in [-0.39, 0.29) is 17.6 Å². The Morgan fingerprint density at radius 1 is 1.42 bits per heavy atom. The van der Waals surface area contributed by atoms with Crippen molar-refractivity contribution in [2.75, 3.05) is 25.2 Å². The van der Waals surface area contributed by atoms with Gasteiger partial charge in [0.05, 0.1) is 18.6 Å². The third kappa shape index (κ3) is 3.39. The van der Waals surface area contributed by atoms with Crippen molar-refractivity contribution in [1.82, 2.24) is 0 Å². The van der Waals surface area contributed by atoms with Gasteiger partial charge in [-0.3, -0.25) is 0 Å². The molecule has 0 radical (unpaired) electrons. The van der Waals surface area contributed by atoms with E-state index in [1.165, 1.54) is 0 Å². The molecular weight excluding hydrogens is 266 g/mol. The van der Waals surface area contributed by atoms with Crippen LogP contribution in [0, 0.1) is 0 Å². The summed E-state index contributed by atoms with van der Waals surface area (Å²) in [5.41, 5.74) is 6.53. The zero-order valence-electron chi connectivity index (χ0n) is 11.0. The molecule has 0 saturated carbocycles. The second kappa shape index (κ2) is 5.79. The molecule has 5 nitrogen and oxygen atoms in total. The summed E-state index contributed by atoms with van der Waals surface area (Å²) in [6.07, 6.45) is 0.909. The molecule has 106 valence electrons. The predicted molar refractivity (Wildman–Crippen MR) is 73.4 cm³/mol. The van der Waals surface area contributed by atoms with Gasteiger partial charge in [0, 0.05) is 0 Å².